The minimum Gasteiger partial charge on any atom is -0.383 e. The largest absolute Gasteiger partial charge is 0.383 e. The van der Waals surface area contributed by atoms with Crippen LogP contribution in [0.1, 0.15) is 19.5 Å². The van der Waals surface area contributed by atoms with Crippen LogP contribution in [0.2, 0.25) is 5.02 Å². The predicted octanol–water partition coefficient (Wildman–Crippen LogP) is 2.82. The van der Waals surface area contributed by atoms with Gasteiger partial charge in [0.25, 0.3) is 0 Å². The smallest absolute Gasteiger partial charge is 0.222 e. The van der Waals surface area contributed by atoms with Crippen LogP contribution in [0.25, 0.3) is 11.1 Å². The highest BCUT2D eigenvalue weighted by Crippen LogP contribution is 2.35. The first kappa shape index (κ1) is 18.3. The number of nitrogens with zero attached hydrogens (tertiary/aromatic N) is 5. The number of aromatic nitrogens is 2. The summed E-state index contributed by atoms with van der Waals surface area (Å²) in [5, 5.41) is 14.5. The van der Waals surface area contributed by atoms with Crippen molar-refractivity contribution in [1.29, 1.82) is 0 Å². The molecule has 1 atom stereocenters. The van der Waals surface area contributed by atoms with E-state index in [1.54, 1.807) is 6.07 Å². The van der Waals surface area contributed by atoms with Gasteiger partial charge in [-0.3, -0.25) is 5.01 Å². The summed E-state index contributed by atoms with van der Waals surface area (Å²) in [5.74, 6) is 0.514. The average molecular weight is 375 g/mol. The van der Waals surface area contributed by atoms with Crippen molar-refractivity contribution in [2.75, 3.05) is 31.1 Å². The Hall–Kier alpha value is -2.45. The molecule has 0 radical (unpaired) electrons. The average Bonchev–Trinajstić information content (AvgIpc) is 2.62. The molecule has 5 N–H and O–H groups in total. The van der Waals surface area contributed by atoms with Crippen molar-refractivity contribution in [2.45, 2.75) is 26.3 Å². The molecule has 1 saturated heterocycles. The maximum Gasteiger partial charge on any atom is 0.222 e. The van der Waals surface area contributed by atoms with E-state index in [9.17, 15) is 0 Å². The van der Waals surface area contributed by atoms with Gasteiger partial charge in [-0.15, -0.1) is 5.11 Å². The second-order valence-corrected chi connectivity index (χ2v) is 6.62. The fraction of sp³-hybridized carbons (Fsp3) is 0.412. The second kappa shape index (κ2) is 7.84. The number of nitrogens with one attached hydrogen (secondary N) is 1. The van der Waals surface area contributed by atoms with Crippen molar-refractivity contribution >= 4 is 29.1 Å². The zero-order valence-electron chi connectivity index (χ0n) is 14.9. The third kappa shape index (κ3) is 3.86. The molecule has 1 aromatic heterocycles. The number of nitrogen functional groups attached to an aromatic ring is 2. The van der Waals surface area contributed by atoms with Gasteiger partial charge in [-0.05, 0) is 31.0 Å². The fourth-order valence-corrected chi connectivity index (χ4v) is 3.09. The number of benzene rings is 1. The van der Waals surface area contributed by atoms with Crippen LogP contribution in [0.3, 0.4) is 0 Å². The second-order valence-electron chi connectivity index (χ2n) is 6.21. The van der Waals surface area contributed by atoms with E-state index in [0.717, 1.165) is 36.5 Å². The Morgan fingerprint density at radius 3 is 2.88 bits per heavy atom. The van der Waals surface area contributed by atoms with Gasteiger partial charge in [0.15, 0.2) is 0 Å². The number of anilines is 2. The third-order valence-corrected chi connectivity index (χ3v) is 4.65. The molecule has 9 heteroatoms. The summed E-state index contributed by atoms with van der Waals surface area (Å²) in [6.07, 6.45) is 0.685. The molecule has 0 bridgehead atoms. The van der Waals surface area contributed by atoms with E-state index in [4.69, 9.17) is 23.1 Å². The first-order valence-electron chi connectivity index (χ1n) is 8.60. The lowest BCUT2D eigenvalue weighted by molar-refractivity contribution is 0.169. The first-order valence-corrected chi connectivity index (χ1v) is 8.98. The Labute approximate surface area is 157 Å². The Balaban J connectivity index is 1.96. The minimum absolute atomic E-state index is 0.171. The normalized spacial score (nSPS) is 17.8. The molecule has 26 heavy (non-hydrogen) atoms. The number of rotatable bonds is 4. The van der Waals surface area contributed by atoms with Crippen LogP contribution in [0.15, 0.2) is 28.5 Å². The number of aryl methyl sites for hydroxylation is 1. The van der Waals surface area contributed by atoms with Crippen molar-refractivity contribution in [3.63, 3.8) is 0 Å². The van der Waals surface area contributed by atoms with Gasteiger partial charge in [-0.1, -0.05) is 29.8 Å². The van der Waals surface area contributed by atoms with Crippen LogP contribution < -0.4 is 16.8 Å². The Bertz CT molecular complexity index is 823. The zero-order chi connectivity index (χ0) is 18.7. The molecule has 1 aromatic carbocycles. The molecule has 8 nitrogen and oxygen atoms in total. The lowest BCUT2D eigenvalue weighted by Gasteiger charge is -2.30. The number of halogens is 1. The highest BCUT2D eigenvalue weighted by Gasteiger charge is 2.17. The van der Waals surface area contributed by atoms with Crippen molar-refractivity contribution < 1.29 is 0 Å². The fourth-order valence-electron chi connectivity index (χ4n) is 2.93. The van der Waals surface area contributed by atoms with E-state index in [1.807, 2.05) is 24.1 Å². The van der Waals surface area contributed by atoms with E-state index < -0.39 is 0 Å². The maximum atomic E-state index is 6.31. The quantitative estimate of drug-likeness (QED) is 0.708. The predicted molar refractivity (Wildman–Crippen MR) is 104 cm³/mol. The Morgan fingerprint density at radius 2 is 2.15 bits per heavy atom. The zero-order valence-corrected chi connectivity index (χ0v) is 15.7. The molecule has 3 rings (SSSR count). The highest BCUT2D eigenvalue weighted by molar-refractivity contribution is 6.33. The van der Waals surface area contributed by atoms with Crippen molar-refractivity contribution in [2.24, 2.45) is 10.3 Å². The minimum atomic E-state index is 0.171. The molecular weight excluding hydrogens is 352 g/mol. The summed E-state index contributed by atoms with van der Waals surface area (Å²) in [4.78, 5) is 8.38. The van der Waals surface area contributed by atoms with Gasteiger partial charge >= 0.3 is 0 Å². The molecule has 1 aliphatic rings. The maximum absolute atomic E-state index is 6.31. The summed E-state index contributed by atoms with van der Waals surface area (Å²) in [7, 11) is 0. The molecule has 0 spiro atoms. The summed E-state index contributed by atoms with van der Waals surface area (Å²) in [5.41, 5.74) is 14.8. The topological polar surface area (TPSA) is 118 Å². The summed E-state index contributed by atoms with van der Waals surface area (Å²) < 4.78 is 0. The van der Waals surface area contributed by atoms with Crippen LogP contribution >= 0.6 is 11.6 Å². The van der Waals surface area contributed by atoms with Crippen molar-refractivity contribution in [3.8, 4) is 11.1 Å². The van der Waals surface area contributed by atoms with E-state index in [2.05, 4.69) is 32.5 Å². The van der Waals surface area contributed by atoms with Crippen LogP contribution in [0.5, 0.6) is 0 Å². The summed E-state index contributed by atoms with van der Waals surface area (Å²) >= 11 is 6.31. The molecule has 1 fully saturated rings. The van der Waals surface area contributed by atoms with Crippen LogP contribution in [-0.2, 0) is 6.42 Å². The summed E-state index contributed by atoms with van der Waals surface area (Å²) in [6, 6.07) is 5.78. The Kier molecular flexibility index (Phi) is 5.53. The number of piperazine rings is 1. The standard InChI is InChI=1S/C17H23ClN8/c1-3-13-15(16(19)23-17(20)22-13)11-4-5-12(18)14(8-11)24-25-26-7-6-21-9-10(26)2/h4-5,8,10,21H,3,6-7,9H2,1-2H3,(H4,19,20,22,23). The van der Waals surface area contributed by atoms with E-state index >= 15 is 0 Å². The molecule has 1 unspecified atom stereocenters. The first-order chi connectivity index (χ1) is 12.5. The van der Waals surface area contributed by atoms with E-state index in [1.165, 1.54) is 0 Å². The molecule has 138 valence electrons. The van der Waals surface area contributed by atoms with Gasteiger partial charge in [0, 0.05) is 18.7 Å². The number of hydrogen-bond acceptors (Lipinski definition) is 7. The molecular formula is C17H23ClN8. The van der Waals surface area contributed by atoms with Crippen molar-refractivity contribution in [1.82, 2.24) is 20.3 Å². The monoisotopic (exact) mass is 374 g/mol. The molecule has 0 saturated carbocycles. The van der Waals surface area contributed by atoms with Gasteiger partial charge in [-0.25, -0.2) is 4.98 Å². The lowest BCUT2D eigenvalue weighted by atomic mass is 10.0. The van der Waals surface area contributed by atoms with Gasteiger partial charge in [0.1, 0.15) is 11.5 Å². The van der Waals surface area contributed by atoms with E-state index in [0.29, 0.717) is 22.9 Å². The Morgan fingerprint density at radius 1 is 1.35 bits per heavy atom. The third-order valence-electron chi connectivity index (χ3n) is 4.33. The summed E-state index contributed by atoms with van der Waals surface area (Å²) in [6.45, 7) is 6.67. The molecule has 2 heterocycles. The SMILES string of the molecule is CCc1nc(N)nc(N)c1-c1ccc(Cl)c(N=NN2CCNCC2C)c1. The molecule has 1 aliphatic heterocycles. The van der Waals surface area contributed by atoms with E-state index in [-0.39, 0.29) is 12.0 Å². The van der Waals surface area contributed by atoms with Gasteiger partial charge in [-0.2, -0.15) is 4.98 Å². The van der Waals surface area contributed by atoms with Gasteiger partial charge in [0.2, 0.25) is 5.95 Å². The molecule has 2 aromatic rings. The van der Waals surface area contributed by atoms with Gasteiger partial charge in [0.05, 0.1) is 23.3 Å². The van der Waals surface area contributed by atoms with Crippen LogP contribution in [0, 0.1) is 0 Å². The number of nitrogens with two attached hydrogens (primary N) is 2. The number of hydrogen-bond donors (Lipinski definition) is 3. The van der Waals surface area contributed by atoms with Gasteiger partial charge < -0.3 is 16.8 Å². The van der Waals surface area contributed by atoms with Crippen LogP contribution in [0.4, 0.5) is 17.5 Å². The highest BCUT2D eigenvalue weighted by atomic mass is 35.5. The molecule has 0 aliphatic carbocycles. The molecule has 0 amide bonds. The lowest BCUT2D eigenvalue weighted by Crippen LogP contribution is -2.46. The van der Waals surface area contributed by atoms with Crippen molar-refractivity contribution in [3.05, 3.63) is 28.9 Å². The van der Waals surface area contributed by atoms with Crippen LogP contribution in [-0.4, -0.2) is 40.7 Å².